The molecule has 1 heterocycles. The Morgan fingerprint density at radius 3 is 2.32 bits per heavy atom. The van der Waals surface area contributed by atoms with Crippen molar-refractivity contribution >= 4 is 21.6 Å². The minimum atomic E-state index is -3.69. The summed E-state index contributed by atoms with van der Waals surface area (Å²) in [6.45, 7) is 4.82. The fraction of sp³-hybridized carbons (Fsp3) is 0.462. The Morgan fingerprint density at radius 2 is 1.89 bits per heavy atom. The molecule has 1 aliphatic rings. The van der Waals surface area contributed by atoms with Gasteiger partial charge in [-0.15, -0.1) is 0 Å². The van der Waals surface area contributed by atoms with E-state index in [-0.39, 0.29) is 16.2 Å². The van der Waals surface area contributed by atoms with Crippen molar-refractivity contribution in [2.75, 3.05) is 11.4 Å². The van der Waals surface area contributed by atoms with E-state index >= 15 is 0 Å². The number of nitrogens with zero attached hydrogens (tertiary/aromatic N) is 1. The van der Waals surface area contributed by atoms with Gasteiger partial charge in [-0.3, -0.25) is 4.79 Å². The van der Waals surface area contributed by atoms with E-state index in [1.165, 1.54) is 12.1 Å². The van der Waals surface area contributed by atoms with Crippen LogP contribution >= 0.6 is 0 Å². The standard InChI is InChI=1S/C13H18N2O3S/c1-3-13(2)8-12(16)15(9-13)10-4-6-11(7-5-10)19(14,17)18/h4-7H,3,8-9H2,1-2H3,(H2,14,17,18). The smallest absolute Gasteiger partial charge is 0.238 e. The van der Waals surface area contributed by atoms with Crippen LogP contribution in [0.3, 0.4) is 0 Å². The van der Waals surface area contributed by atoms with Gasteiger partial charge in [-0.1, -0.05) is 13.8 Å². The van der Waals surface area contributed by atoms with Gasteiger partial charge in [0.15, 0.2) is 0 Å². The van der Waals surface area contributed by atoms with E-state index < -0.39 is 10.0 Å². The molecule has 1 aromatic carbocycles. The van der Waals surface area contributed by atoms with Crippen LogP contribution in [0.15, 0.2) is 29.2 Å². The third kappa shape index (κ3) is 2.79. The molecule has 104 valence electrons. The average Bonchev–Trinajstić information content (AvgIpc) is 2.65. The first-order valence-electron chi connectivity index (χ1n) is 6.18. The second kappa shape index (κ2) is 4.61. The van der Waals surface area contributed by atoms with Crippen LogP contribution in [0.1, 0.15) is 26.7 Å². The third-order valence-corrected chi connectivity index (χ3v) is 4.68. The summed E-state index contributed by atoms with van der Waals surface area (Å²) in [7, 11) is -3.69. The van der Waals surface area contributed by atoms with Gasteiger partial charge < -0.3 is 4.90 Å². The number of benzene rings is 1. The maximum absolute atomic E-state index is 12.0. The quantitative estimate of drug-likeness (QED) is 0.912. The highest BCUT2D eigenvalue weighted by atomic mass is 32.2. The van der Waals surface area contributed by atoms with Gasteiger partial charge in [-0.2, -0.15) is 0 Å². The Hall–Kier alpha value is -1.40. The fourth-order valence-corrected chi connectivity index (χ4v) is 2.79. The van der Waals surface area contributed by atoms with Gasteiger partial charge in [-0.05, 0) is 36.1 Å². The van der Waals surface area contributed by atoms with Crippen LogP contribution in [0.25, 0.3) is 0 Å². The number of hydrogen-bond acceptors (Lipinski definition) is 3. The van der Waals surface area contributed by atoms with Crippen molar-refractivity contribution in [3.63, 3.8) is 0 Å². The van der Waals surface area contributed by atoms with Crippen molar-refractivity contribution < 1.29 is 13.2 Å². The lowest BCUT2D eigenvalue weighted by atomic mass is 9.87. The molecular formula is C13H18N2O3S. The van der Waals surface area contributed by atoms with Gasteiger partial charge in [0.2, 0.25) is 15.9 Å². The molecule has 0 saturated carbocycles. The Balaban J connectivity index is 2.27. The molecule has 1 amide bonds. The first-order chi connectivity index (χ1) is 8.75. The molecule has 2 N–H and O–H groups in total. The number of hydrogen-bond donors (Lipinski definition) is 1. The second-order valence-electron chi connectivity index (χ2n) is 5.36. The summed E-state index contributed by atoms with van der Waals surface area (Å²) in [5.41, 5.74) is 0.713. The van der Waals surface area contributed by atoms with Gasteiger partial charge in [0.1, 0.15) is 0 Å². The van der Waals surface area contributed by atoms with Crippen molar-refractivity contribution in [2.45, 2.75) is 31.6 Å². The number of carbonyl (C=O) groups is 1. The number of primary sulfonamides is 1. The number of nitrogens with two attached hydrogens (primary N) is 1. The summed E-state index contributed by atoms with van der Waals surface area (Å²) in [5, 5.41) is 5.04. The predicted molar refractivity (Wildman–Crippen MR) is 73.2 cm³/mol. The Labute approximate surface area is 113 Å². The molecule has 0 aliphatic carbocycles. The number of carbonyl (C=O) groups excluding carboxylic acids is 1. The summed E-state index contributed by atoms with van der Waals surface area (Å²) >= 11 is 0. The summed E-state index contributed by atoms with van der Waals surface area (Å²) in [4.78, 5) is 13.8. The van der Waals surface area contributed by atoms with Crippen LogP contribution in [0, 0.1) is 5.41 Å². The van der Waals surface area contributed by atoms with Gasteiger partial charge >= 0.3 is 0 Å². The zero-order valence-corrected chi connectivity index (χ0v) is 11.9. The topological polar surface area (TPSA) is 80.5 Å². The number of anilines is 1. The van der Waals surface area contributed by atoms with E-state index in [1.807, 2.05) is 0 Å². The summed E-state index contributed by atoms with van der Waals surface area (Å²) in [5.74, 6) is 0.0766. The van der Waals surface area contributed by atoms with E-state index in [4.69, 9.17) is 5.14 Å². The highest BCUT2D eigenvalue weighted by Crippen LogP contribution is 2.36. The maximum atomic E-state index is 12.0. The fourth-order valence-electron chi connectivity index (χ4n) is 2.27. The minimum Gasteiger partial charge on any atom is -0.312 e. The molecule has 5 nitrogen and oxygen atoms in total. The van der Waals surface area contributed by atoms with Gasteiger partial charge in [0.05, 0.1) is 4.90 Å². The molecule has 0 spiro atoms. The van der Waals surface area contributed by atoms with Crippen LogP contribution < -0.4 is 10.0 Å². The van der Waals surface area contributed by atoms with Crippen molar-refractivity contribution in [2.24, 2.45) is 10.6 Å². The third-order valence-electron chi connectivity index (χ3n) is 3.75. The van der Waals surface area contributed by atoms with E-state index in [1.54, 1.807) is 17.0 Å². The molecule has 0 bridgehead atoms. The van der Waals surface area contributed by atoms with Crippen molar-refractivity contribution in [3.8, 4) is 0 Å². The molecule has 1 unspecified atom stereocenters. The number of rotatable bonds is 3. The molecular weight excluding hydrogens is 264 g/mol. The maximum Gasteiger partial charge on any atom is 0.238 e. The predicted octanol–water partition coefficient (Wildman–Crippen LogP) is 1.49. The van der Waals surface area contributed by atoms with Gasteiger partial charge in [0, 0.05) is 18.7 Å². The highest BCUT2D eigenvalue weighted by Gasteiger charge is 2.38. The largest absolute Gasteiger partial charge is 0.312 e. The molecule has 1 aromatic rings. The minimum absolute atomic E-state index is 0.00427. The normalized spacial score (nSPS) is 23.9. The Morgan fingerprint density at radius 1 is 1.32 bits per heavy atom. The van der Waals surface area contributed by atoms with Crippen molar-refractivity contribution in [1.82, 2.24) is 0 Å². The van der Waals surface area contributed by atoms with E-state index in [0.717, 1.165) is 12.1 Å². The molecule has 0 aromatic heterocycles. The Bertz CT molecular complexity index is 595. The molecule has 0 radical (unpaired) electrons. The molecule has 1 aliphatic heterocycles. The zero-order chi connectivity index (χ0) is 14.3. The van der Waals surface area contributed by atoms with E-state index in [9.17, 15) is 13.2 Å². The lowest BCUT2D eigenvalue weighted by molar-refractivity contribution is -0.117. The van der Waals surface area contributed by atoms with Crippen molar-refractivity contribution in [3.05, 3.63) is 24.3 Å². The monoisotopic (exact) mass is 282 g/mol. The SMILES string of the molecule is CCC1(C)CC(=O)N(c2ccc(S(N)(=O)=O)cc2)C1. The van der Waals surface area contributed by atoms with Crippen LogP contribution in [-0.4, -0.2) is 20.9 Å². The van der Waals surface area contributed by atoms with Crippen LogP contribution in [0.2, 0.25) is 0 Å². The molecule has 6 heteroatoms. The number of sulfonamides is 1. The Kier molecular flexibility index (Phi) is 3.40. The number of amides is 1. The molecule has 19 heavy (non-hydrogen) atoms. The average molecular weight is 282 g/mol. The molecule has 1 fully saturated rings. The first-order valence-corrected chi connectivity index (χ1v) is 7.73. The molecule has 1 atom stereocenters. The summed E-state index contributed by atoms with van der Waals surface area (Å²) in [6.07, 6.45) is 1.46. The van der Waals surface area contributed by atoms with Crippen LogP contribution in [-0.2, 0) is 14.8 Å². The molecule has 1 saturated heterocycles. The van der Waals surface area contributed by atoms with E-state index in [2.05, 4.69) is 13.8 Å². The lowest BCUT2D eigenvalue weighted by Crippen LogP contribution is -2.26. The second-order valence-corrected chi connectivity index (χ2v) is 6.92. The van der Waals surface area contributed by atoms with Crippen LogP contribution in [0.4, 0.5) is 5.69 Å². The first kappa shape index (κ1) is 14.0. The van der Waals surface area contributed by atoms with Crippen molar-refractivity contribution in [1.29, 1.82) is 0 Å². The highest BCUT2D eigenvalue weighted by molar-refractivity contribution is 7.89. The summed E-state index contributed by atoms with van der Waals surface area (Å²) < 4.78 is 22.4. The van der Waals surface area contributed by atoms with Gasteiger partial charge in [0.25, 0.3) is 0 Å². The lowest BCUT2D eigenvalue weighted by Gasteiger charge is -2.22. The summed E-state index contributed by atoms with van der Waals surface area (Å²) in [6, 6.07) is 6.11. The van der Waals surface area contributed by atoms with Gasteiger partial charge in [-0.25, -0.2) is 13.6 Å². The van der Waals surface area contributed by atoms with Crippen LogP contribution in [0.5, 0.6) is 0 Å². The van der Waals surface area contributed by atoms with E-state index in [0.29, 0.717) is 13.0 Å². The zero-order valence-electron chi connectivity index (χ0n) is 11.1. The molecule has 2 rings (SSSR count).